The monoisotopic (exact) mass is 418 g/mol. The zero-order chi connectivity index (χ0) is 20.6. The van der Waals surface area contributed by atoms with Crippen molar-refractivity contribution in [2.45, 2.75) is 12.7 Å². The van der Waals surface area contributed by atoms with Crippen LogP contribution in [0.3, 0.4) is 0 Å². The van der Waals surface area contributed by atoms with E-state index in [-0.39, 0.29) is 23.7 Å². The van der Waals surface area contributed by atoms with Gasteiger partial charge in [0.15, 0.2) is 11.5 Å². The minimum atomic E-state index is -4.64. The fraction of sp³-hybridized carbons (Fsp3) is 0.167. The molecule has 0 radical (unpaired) electrons. The van der Waals surface area contributed by atoms with E-state index in [9.17, 15) is 18.0 Å². The number of fused-ring (bicyclic) bond motifs is 1. The number of nitrogens with zero attached hydrogens (tertiary/aromatic N) is 5. The van der Waals surface area contributed by atoms with Gasteiger partial charge in [0.25, 0.3) is 5.56 Å². The van der Waals surface area contributed by atoms with E-state index < -0.39 is 11.9 Å². The molecule has 1 N–H and O–H groups in total. The van der Waals surface area contributed by atoms with E-state index in [1.807, 2.05) is 0 Å². The van der Waals surface area contributed by atoms with Crippen LogP contribution < -0.4 is 10.5 Å². The van der Waals surface area contributed by atoms with Crippen LogP contribution in [0.5, 0.6) is 0 Å². The lowest BCUT2D eigenvalue weighted by Gasteiger charge is -2.19. The molecule has 0 amide bonds. The molecule has 0 bridgehead atoms. The van der Waals surface area contributed by atoms with Gasteiger partial charge in [-0.05, 0) is 23.6 Å². The van der Waals surface area contributed by atoms with Crippen molar-refractivity contribution in [3.8, 4) is 11.4 Å². The lowest BCUT2D eigenvalue weighted by atomic mass is 10.2. The van der Waals surface area contributed by atoms with E-state index in [4.69, 9.17) is 0 Å². The van der Waals surface area contributed by atoms with Gasteiger partial charge in [0, 0.05) is 31.1 Å². The highest BCUT2D eigenvalue weighted by Crippen LogP contribution is 2.31. The summed E-state index contributed by atoms with van der Waals surface area (Å²) in [6, 6.07) is 5.75. The van der Waals surface area contributed by atoms with E-state index in [1.54, 1.807) is 30.6 Å². The first-order valence-electron chi connectivity index (χ1n) is 8.35. The molecule has 0 aromatic carbocycles. The maximum Gasteiger partial charge on any atom is 0.433 e. The minimum Gasteiger partial charge on any atom is -0.352 e. The fourth-order valence-electron chi connectivity index (χ4n) is 2.70. The molecule has 0 saturated carbocycles. The maximum absolute atomic E-state index is 13.4. The molecule has 0 fully saturated rings. The van der Waals surface area contributed by atoms with Gasteiger partial charge in [-0.1, -0.05) is 0 Å². The maximum atomic E-state index is 13.4. The third-order valence-electron chi connectivity index (χ3n) is 4.06. The Bertz CT molecular complexity index is 1220. The summed E-state index contributed by atoms with van der Waals surface area (Å²) in [7, 11) is 1.56. The Morgan fingerprint density at radius 1 is 1.21 bits per heavy atom. The molecule has 4 aromatic rings. The van der Waals surface area contributed by atoms with E-state index in [0.717, 1.165) is 6.07 Å². The number of nitrogens with one attached hydrogen (secondary N) is 1. The first kappa shape index (κ1) is 19.0. The van der Waals surface area contributed by atoms with Gasteiger partial charge in [0.2, 0.25) is 0 Å². The highest BCUT2D eigenvalue weighted by atomic mass is 32.1. The van der Waals surface area contributed by atoms with E-state index in [0.29, 0.717) is 21.6 Å². The molecular formula is C18H13F3N6OS. The van der Waals surface area contributed by atoms with Crippen molar-refractivity contribution < 1.29 is 13.2 Å². The molecule has 0 saturated heterocycles. The number of thiophene rings is 1. The van der Waals surface area contributed by atoms with E-state index in [2.05, 4.69) is 24.9 Å². The second-order valence-corrected chi connectivity index (χ2v) is 7.09. The van der Waals surface area contributed by atoms with Crippen LogP contribution in [0.25, 0.3) is 21.6 Å². The summed E-state index contributed by atoms with van der Waals surface area (Å²) in [6.07, 6.45) is -1.74. The highest BCUT2D eigenvalue weighted by molar-refractivity contribution is 7.17. The molecule has 148 valence electrons. The largest absolute Gasteiger partial charge is 0.433 e. The van der Waals surface area contributed by atoms with Crippen LogP contribution in [0.1, 0.15) is 11.5 Å². The van der Waals surface area contributed by atoms with Crippen LogP contribution >= 0.6 is 11.3 Å². The molecule has 7 nitrogen and oxygen atoms in total. The van der Waals surface area contributed by atoms with Crippen LogP contribution in [0, 0.1) is 0 Å². The van der Waals surface area contributed by atoms with Crippen molar-refractivity contribution in [2.75, 3.05) is 11.9 Å². The SMILES string of the molecule is CN(Cc1nc2ccsc2c(=O)[nH]1)c1cc(C(F)(F)F)nc(-c2cccnc2)n1. The average Bonchev–Trinajstić information content (AvgIpc) is 3.17. The molecule has 0 aliphatic heterocycles. The number of alkyl halides is 3. The second kappa shape index (κ2) is 7.24. The third kappa shape index (κ3) is 3.94. The van der Waals surface area contributed by atoms with E-state index >= 15 is 0 Å². The van der Waals surface area contributed by atoms with Gasteiger partial charge in [0.1, 0.15) is 16.3 Å². The van der Waals surface area contributed by atoms with Crippen LogP contribution in [0.4, 0.5) is 19.0 Å². The zero-order valence-corrected chi connectivity index (χ0v) is 15.8. The number of halogens is 3. The number of rotatable bonds is 4. The summed E-state index contributed by atoms with van der Waals surface area (Å²) in [6.45, 7) is 0.0574. The fourth-order valence-corrected chi connectivity index (χ4v) is 3.43. The Kier molecular flexibility index (Phi) is 4.74. The predicted molar refractivity (Wildman–Crippen MR) is 103 cm³/mol. The average molecular weight is 418 g/mol. The topological polar surface area (TPSA) is 87.7 Å². The Balaban J connectivity index is 1.73. The zero-order valence-electron chi connectivity index (χ0n) is 14.9. The molecular weight excluding hydrogens is 405 g/mol. The molecule has 0 spiro atoms. The van der Waals surface area contributed by atoms with Crippen molar-refractivity contribution in [1.82, 2.24) is 24.9 Å². The highest BCUT2D eigenvalue weighted by Gasteiger charge is 2.34. The molecule has 0 aliphatic rings. The molecule has 0 aliphatic carbocycles. The molecule has 29 heavy (non-hydrogen) atoms. The summed E-state index contributed by atoms with van der Waals surface area (Å²) in [5, 5.41) is 1.75. The number of hydrogen-bond acceptors (Lipinski definition) is 7. The van der Waals surface area contributed by atoms with Crippen LogP contribution in [0.2, 0.25) is 0 Å². The summed E-state index contributed by atoms with van der Waals surface area (Å²) >= 11 is 1.27. The van der Waals surface area contributed by atoms with E-state index in [1.165, 1.54) is 28.6 Å². The number of aromatic amines is 1. The Morgan fingerprint density at radius 3 is 2.76 bits per heavy atom. The number of anilines is 1. The Labute approximate surface area is 165 Å². The van der Waals surface area contributed by atoms with Gasteiger partial charge >= 0.3 is 6.18 Å². The number of H-pyrrole nitrogens is 1. The first-order chi connectivity index (χ1) is 13.8. The van der Waals surface area contributed by atoms with Crippen molar-refractivity contribution in [3.05, 3.63) is 63.9 Å². The summed E-state index contributed by atoms with van der Waals surface area (Å²) in [5.74, 6) is 0.266. The standard InChI is InChI=1S/C18H13F3N6OS/c1-27(9-13-23-11-4-6-29-15(11)17(28)25-13)14-7-12(18(19,20)21)24-16(26-14)10-3-2-5-22-8-10/h2-8H,9H2,1H3,(H,23,25,28). The molecule has 4 heterocycles. The number of pyridine rings is 1. The smallest absolute Gasteiger partial charge is 0.352 e. The van der Waals surface area contributed by atoms with Crippen molar-refractivity contribution in [2.24, 2.45) is 0 Å². The normalized spacial score (nSPS) is 11.7. The molecule has 0 atom stereocenters. The lowest BCUT2D eigenvalue weighted by molar-refractivity contribution is -0.141. The van der Waals surface area contributed by atoms with Crippen molar-refractivity contribution >= 4 is 27.4 Å². The first-order valence-corrected chi connectivity index (χ1v) is 9.23. The van der Waals surface area contributed by atoms with Crippen LogP contribution in [-0.2, 0) is 12.7 Å². The van der Waals surface area contributed by atoms with Crippen molar-refractivity contribution in [1.29, 1.82) is 0 Å². The van der Waals surface area contributed by atoms with Gasteiger partial charge in [-0.2, -0.15) is 13.2 Å². The molecule has 4 rings (SSSR count). The quantitative estimate of drug-likeness (QED) is 0.546. The van der Waals surface area contributed by atoms with Crippen molar-refractivity contribution in [3.63, 3.8) is 0 Å². The second-order valence-electron chi connectivity index (χ2n) is 6.18. The molecule has 0 unspecified atom stereocenters. The van der Waals surface area contributed by atoms with Gasteiger partial charge in [0.05, 0.1) is 12.1 Å². The van der Waals surface area contributed by atoms with Crippen LogP contribution in [0.15, 0.2) is 46.8 Å². The van der Waals surface area contributed by atoms with Gasteiger partial charge in [-0.25, -0.2) is 15.0 Å². The summed E-state index contributed by atoms with van der Waals surface area (Å²) in [4.78, 5) is 32.4. The molecule has 4 aromatic heterocycles. The predicted octanol–water partition coefficient (Wildman–Crippen LogP) is 3.49. The Hall–Kier alpha value is -3.34. The van der Waals surface area contributed by atoms with Gasteiger partial charge in [-0.3, -0.25) is 9.78 Å². The third-order valence-corrected chi connectivity index (χ3v) is 4.97. The summed E-state index contributed by atoms with van der Waals surface area (Å²) in [5.41, 5.74) is -0.456. The van der Waals surface area contributed by atoms with Crippen LogP contribution in [-0.4, -0.2) is 32.0 Å². The molecule has 11 heteroatoms. The summed E-state index contributed by atoms with van der Waals surface area (Å²) < 4.78 is 40.6. The lowest BCUT2D eigenvalue weighted by Crippen LogP contribution is -2.23. The van der Waals surface area contributed by atoms with Gasteiger partial charge < -0.3 is 9.88 Å². The number of hydrogen-bond donors (Lipinski definition) is 1. The van der Waals surface area contributed by atoms with Gasteiger partial charge in [-0.15, -0.1) is 11.3 Å². The Morgan fingerprint density at radius 2 is 2.03 bits per heavy atom. The minimum absolute atomic E-state index is 0.0410. The number of aromatic nitrogens is 5.